The summed E-state index contributed by atoms with van der Waals surface area (Å²) < 4.78 is 22.8. The summed E-state index contributed by atoms with van der Waals surface area (Å²) >= 11 is 0. The van der Waals surface area contributed by atoms with Crippen LogP contribution in [0.2, 0.25) is 0 Å². The quantitative estimate of drug-likeness (QED) is 0.0259. The molecule has 14 nitrogen and oxygen atoms in total. The number of aliphatic hydroxyl groups is 8. The van der Waals surface area contributed by atoms with Crippen LogP contribution in [0.4, 0.5) is 0 Å². The maximum absolute atomic E-state index is 13.3. The molecule has 0 bridgehead atoms. The second kappa shape index (κ2) is 52.3. The third kappa shape index (κ3) is 36.7. The summed E-state index contributed by atoms with van der Waals surface area (Å²) in [5.41, 5.74) is 0. The van der Waals surface area contributed by atoms with Gasteiger partial charge in [-0.3, -0.25) is 4.79 Å². The van der Waals surface area contributed by atoms with E-state index >= 15 is 0 Å². The van der Waals surface area contributed by atoms with Crippen molar-refractivity contribution < 1.29 is 64.6 Å². The predicted octanol–water partition coefficient (Wildman–Crippen LogP) is 13.2. The summed E-state index contributed by atoms with van der Waals surface area (Å²) in [4.78, 5) is 13.3. The van der Waals surface area contributed by atoms with Crippen LogP contribution in [0.3, 0.4) is 0 Å². The highest BCUT2D eigenvalue weighted by Crippen LogP contribution is 2.30. The second-order valence-electron chi connectivity index (χ2n) is 24.7. The third-order valence-corrected chi connectivity index (χ3v) is 17.3. The summed E-state index contributed by atoms with van der Waals surface area (Å²) in [6.45, 7) is 2.88. The zero-order chi connectivity index (χ0) is 58.1. The summed E-state index contributed by atoms with van der Waals surface area (Å²) in [5.74, 6) is -0.201. The SMILES string of the molecule is CCCCCCCCCCCCCCCCCCCCCCCCCCCCCCCCCCCCCCC(=O)NC(COC1OC(CO)C(OC2OC(CO)C(O)C(O)C2O)C(O)C1O)C(O)CCCCCCCCCCCC. The van der Waals surface area contributed by atoms with Gasteiger partial charge in [0.1, 0.15) is 48.8 Å². The van der Waals surface area contributed by atoms with Gasteiger partial charge in [-0.2, -0.15) is 0 Å². The van der Waals surface area contributed by atoms with Crippen LogP contribution >= 0.6 is 0 Å². The zero-order valence-corrected chi connectivity index (χ0v) is 51.6. The fourth-order valence-electron chi connectivity index (χ4n) is 11.8. The van der Waals surface area contributed by atoms with Crippen LogP contribution < -0.4 is 5.32 Å². The van der Waals surface area contributed by atoms with Crippen LogP contribution in [0.5, 0.6) is 0 Å². The Labute approximate surface area is 489 Å². The molecule has 1 amide bonds. The van der Waals surface area contributed by atoms with Gasteiger partial charge in [0.05, 0.1) is 32.0 Å². The number of hydrogen-bond acceptors (Lipinski definition) is 13. The molecule has 0 aromatic rings. The van der Waals surface area contributed by atoms with E-state index in [-0.39, 0.29) is 12.5 Å². The standard InChI is InChI=1S/C66H129NO13/c1-3-5-7-9-11-13-15-16-17-18-19-20-21-22-23-24-25-26-27-28-29-30-31-32-33-34-35-36-37-38-39-40-42-44-46-48-50-58(71)67-54(55(70)49-47-45-43-41-14-12-10-8-6-4-2)53-77-65-63(76)61(74)64(57(52-69)79-65)80-66-62(75)60(73)59(72)56(51-68)78-66/h54-57,59-66,68-70,72-76H,3-53H2,1-2H3,(H,67,71). The van der Waals surface area contributed by atoms with E-state index in [2.05, 4.69) is 19.2 Å². The van der Waals surface area contributed by atoms with Gasteiger partial charge in [0.2, 0.25) is 5.91 Å². The lowest BCUT2D eigenvalue weighted by molar-refractivity contribution is -0.359. The molecule has 476 valence electrons. The lowest BCUT2D eigenvalue weighted by Gasteiger charge is -2.46. The Balaban J connectivity index is 1.53. The molecule has 12 unspecified atom stereocenters. The van der Waals surface area contributed by atoms with Crippen molar-refractivity contribution >= 4 is 5.91 Å². The van der Waals surface area contributed by atoms with Crippen molar-refractivity contribution in [3.63, 3.8) is 0 Å². The number of rotatable bonds is 57. The number of nitrogens with one attached hydrogen (secondary N) is 1. The number of carbonyl (C=O) groups excluding carboxylic acids is 1. The monoisotopic (exact) mass is 1140 g/mol. The van der Waals surface area contributed by atoms with Crippen molar-refractivity contribution in [3.05, 3.63) is 0 Å². The van der Waals surface area contributed by atoms with Gasteiger partial charge >= 0.3 is 0 Å². The average Bonchev–Trinajstić information content (AvgIpc) is 3.56. The van der Waals surface area contributed by atoms with Gasteiger partial charge in [0.25, 0.3) is 0 Å². The molecule has 0 radical (unpaired) electrons. The maximum atomic E-state index is 13.3. The molecule has 2 aliphatic rings. The first-order chi connectivity index (χ1) is 39.1. The van der Waals surface area contributed by atoms with E-state index in [9.17, 15) is 45.6 Å². The predicted molar refractivity (Wildman–Crippen MR) is 323 cm³/mol. The normalized spacial score (nSPS) is 24.1. The molecule has 2 heterocycles. The topological polar surface area (TPSA) is 228 Å². The van der Waals surface area contributed by atoms with E-state index in [1.54, 1.807) is 0 Å². The molecule has 0 spiro atoms. The van der Waals surface area contributed by atoms with Gasteiger partial charge < -0.3 is 65.1 Å². The molecule has 9 N–H and O–H groups in total. The van der Waals surface area contributed by atoms with E-state index in [0.29, 0.717) is 12.8 Å². The zero-order valence-electron chi connectivity index (χ0n) is 51.6. The molecule has 14 heteroatoms. The molecule has 0 saturated carbocycles. The molecular formula is C66H129NO13. The Kier molecular flexibility index (Phi) is 49.1. The fourth-order valence-corrected chi connectivity index (χ4v) is 11.8. The summed E-state index contributed by atoms with van der Waals surface area (Å²) in [6, 6.07) is -0.822. The van der Waals surface area contributed by atoms with E-state index in [0.717, 1.165) is 51.4 Å². The number of unbranched alkanes of at least 4 members (excludes halogenated alkanes) is 44. The minimum absolute atomic E-state index is 0.201. The van der Waals surface area contributed by atoms with E-state index in [4.69, 9.17) is 18.9 Å². The van der Waals surface area contributed by atoms with E-state index in [1.807, 2.05) is 0 Å². The van der Waals surface area contributed by atoms with Crippen molar-refractivity contribution in [2.75, 3.05) is 19.8 Å². The Morgan fingerprint density at radius 3 is 1.06 bits per heavy atom. The van der Waals surface area contributed by atoms with Crippen LogP contribution in [-0.2, 0) is 23.7 Å². The van der Waals surface area contributed by atoms with Gasteiger partial charge in [0.15, 0.2) is 12.6 Å². The fraction of sp³-hybridized carbons (Fsp3) is 0.985. The van der Waals surface area contributed by atoms with Crippen LogP contribution in [0.15, 0.2) is 0 Å². The molecule has 2 rings (SSSR count). The Hall–Kier alpha value is -1.01. The van der Waals surface area contributed by atoms with Crippen LogP contribution in [0.25, 0.3) is 0 Å². The highest BCUT2D eigenvalue weighted by atomic mass is 16.7. The second-order valence-corrected chi connectivity index (χ2v) is 24.7. The van der Waals surface area contributed by atoms with Gasteiger partial charge in [-0.25, -0.2) is 0 Å². The minimum Gasteiger partial charge on any atom is -0.394 e. The summed E-state index contributed by atoms with van der Waals surface area (Å²) in [7, 11) is 0. The number of ether oxygens (including phenoxy) is 4. The highest BCUT2D eigenvalue weighted by molar-refractivity contribution is 5.76. The van der Waals surface area contributed by atoms with Crippen molar-refractivity contribution in [1.29, 1.82) is 0 Å². The van der Waals surface area contributed by atoms with Crippen LogP contribution in [0.1, 0.15) is 322 Å². The van der Waals surface area contributed by atoms with Crippen LogP contribution in [-0.4, -0.2) is 140 Å². The molecule has 0 aromatic carbocycles. The highest BCUT2D eigenvalue weighted by Gasteiger charge is 2.51. The van der Waals surface area contributed by atoms with Gasteiger partial charge in [0, 0.05) is 6.42 Å². The molecule has 12 atom stereocenters. The lowest BCUT2D eigenvalue weighted by Crippen LogP contribution is -2.65. The van der Waals surface area contributed by atoms with Crippen molar-refractivity contribution in [3.8, 4) is 0 Å². The number of amides is 1. The lowest BCUT2D eigenvalue weighted by atomic mass is 9.97. The molecule has 2 aliphatic heterocycles. The first-order valence-electron chi connectivity index (χ1n) is 34.3. The van der Waals surface area contributed by atoms with Crippen molar-refractivity contribution in [2.45, 2.75) is 396 Å². The largest absolute Gasteiger partial charge is 0.394 e. The van der Waals surface area contributed by atoms with Crippen molar-refractivity contribution in [1.82, 2.24) is 5.32 Å². The third-order valence-electron chi connectivity index (χ3n) is 17.3. The van der Waals surface area contributed by atoms with Gasteiger partial charge in [-0.15, -0.1) is 0 Å². The van der Waals surface area contributed by atoms with Gasteiger partial charge in [-0.05, 0) is 12.8 Å². The molecule has 0 aliphatic carbocycles. The number of carbonyl (C=O) groups is 1. The smallest absolute Gasteiger partial charge is 0.220 e. The minimum atomic E-state index is -1.78. The number of hydrogen-bond donors (Lipinski definition) is 9. The summed E-state index contributed by atoms with van der Waals surface area (Å²) in [6.07, 6.45) is 44.6. The average molecular weight is 1140 g/mol. The molecule has 2 fully saturated rings. The molecular weight excluding hydrogens is 1010 g/mol. The first kappa shape index (κ1) is 75.1. The van der Waals surface area contributed by atoms with Crippen molar-refractivity contribution in [2.24, 2.45) is 0 Å². The number of aliphatic hydroxyl groups excluding tert-OH is 8. The molecule has 2 saturated heterocycles. The van der Waals surface area contributed by atoms with Crippen LogP contribution in [0, 0.1) is 0 Å². The van der Waals surface area contributed by atoms with Gasteiger partial charge in [-0.1, -0.05) is 303 Å². The Morgan fingerprint density at radius 1 is 0.400 bits per heavy atom. The van der Waals surface area contributed by atoms with E-state index in [1.165, 1.54) is 244 Å². The molecule has 0 aromatic heterocycles. The Morgan fingerprint density at radius 2 is 0.713 bits per heavy atom. The maximum Gasteiger partial charge on any atom is 0.220 e. The first-order valence-corrected chi connectivity index (χ1v) is 34.3. The van der Waals surface area contributed by atoms with E-state index < -0.39 is 86.8 Å². The summed E-state index contributed by atoms with van der Waals surface area (Å²) in [5, 5.41) is 87.2. The molecule has 80 heavy (non-hydrogen) atoms. The Bertz CT molecular complexity index is 1350.